The van der Waals surface area contributed by atoms with E-state index in [0.29, 0.717) is 0 Å². The maximum Gasteiger partial charge on any atom is 0.252 e. The van der Waals surface area contributed by atoms with Crippen LogP contribution in [0.5, 0.6) is 0 Å². The topological polar surface area (TPSA) is 20.5 Å². The summed E-state index contributed by atoms with van der Waals surface area (Å²) in [7, 11) is 0. The van der Waals surface area contributed by atoms with Gasteiger partial charge < -0.3 is 4.90 Å². The number of aromatic nitrogens is 2. The van der Waals surface area contributed by atoms with Crippen molar-refractivity contribution in [2.24, 2.45) is 0 Å². The lowest BCUT2D eigenvalue weighted by molar-refractivity contribution is 0.660. The van der Waals surface area contributed by atoms with Crippen molar-refractivity contribution in [3.05, 3.63) is 226 Å². The summed E-state index contributed by atoms with van der Waals surface area (Å²) in [5, 5.41) is 6.33. The van der Waals surface area contributed by atoms with Crippen LogP contribution in [0.25, 0.3) is 82.5 Å². The molecule has 320 valence electrons. The van der Waals surface area contributed by atoms with Crippen LogP contribution >= 0.6 is 0 Å². The van der Waals surface area contributed by atoms with Crippen molar-refractivity contribution >= 4 is 89.3 Å². The zero-order valence-electron chi connectivity index (χ0n) is 38.7. The minimum absolute atomic E-state index is 0.0135. The summed E-state index contributed by atoms with van der Waals surface area (Å²) in [6, 6.07) is 70.3. The summed E-state index contributed by atoms with van der Waals surface area (Å²) in [4.78, 5) is 8.26. The fourth-order valence-electron chi connectivity index (χ4n) is 14.9. The molecule has 2 aliphatic heterocycles. The highest BCUT2D eigenvalue weighted by Crippen LogP contribution is 2.65. The Morgan fingerprint density at radius 1 is 0.449 bits per heavy atom. The van der Waals surface area contributed by atoms with Gasteiger partial charge in [0.1, 0.15) is 5.65 Å². The average Bonchev–Trinajstić information content (AvgIpc) is 4.07. The standard InChI is InChI=1S/C65H42BN3/c1-35-30-36(2)58-45(31-35)42-28-29-55-60-61(42)69-62-52(26-15-27-54(62)67-63(58)69)66(60)53-32-44-39-18-7-11-22-46(39)64(3,4)50(44)33-57(53)68(55)56-34-51-59(41-20-6-5-19-40(41)56)43-21-10-14-25-49(43)65(51)47-23-12-8-16-37(47)38-17-9-13-24-48(38)65/h5-34H,1-4H3. The molecule has 69 heavy (non-hydrogen) atoms. The molecule has 1 spiro atoms. The fourth-order valence-corrected chi connectivity index (χ4v) is 14.9. The first-order valence-electron chi connectivity index (χ1n) is 24.6. The van der Waals surface area contributed by atoms with E-state index < -0.39 is 5.41 Å². The Bertz CT molecular complexity index is 4410. The van der Waals surface area contributed by atoms with Gasteiger partial charge in [0.15, 0.2) is 0 Å². The lowest BCUT2D eigenvalue weighted by atomic mass is 9.34. The number of fused-ring (bicyclic) bond motifs is 21. The Labute approximate surface area is 400 Å². The number of para-hydroxylation sites is 1. The Morgan fingerprint density at radius 2 is 1.09 bits per heavy atom. The molecule has 10 aromatic carbocycles. The van der Waals surface area contributed by atoms with Crippen LogP contribution in [0, 0.1) is 13.8 Å². The predicted octanol–water partition coefficient (Wildman–Crippen LogP) is 13.8. The van der Waals surface area contributed by atoms with E-state index >= 15 is 0 Å². The van der Waals surface area contributed by atoms with E-state index in [-0.39, 0.29) is 12.1 Å². The molecule has 12 aromatic rings. The van der Waals surface area contributed by atoms with E-state index in [1.165, 1.54) is 149 Å². The molecule has 0 amide bonds. The van der Waals surface area contributed by atoms with Crippen LogP contribution in [0.3, 0.4) is 0 Å². The minimum atomic E-state index is -0.500. The van der Waals surface area contributed by atoms with Gasteiger partial charge in [-0.3, -0.25) is 4.40 Å². The molecule has 3 aliphatic carbocycles. The summed E-state index contributed by atoms with van der Waals surface area (Å²) in [6.07, 6.45) is 0. The van der Waals surface area contributed by atoms with Crippen molar-refractivity contribution in [2.45, 2.75) is 38.5 Å². The molecule has 0 bridgehead atoms. The third-order valence-electron chi connectivity index (χ3n) is 17.5. The summed E-state index contributed by atoms with van der Waals surface area (Å²) in [5.74, 6) is 0. The van der Waals surface area contributed by atoms with Crippen molar-refractivity contribution in [2.75, 3.05) is 4.90 Å². The lowest BCUT2D eigenvalue weighted by Gasteiger charge is -2.41. The zero-order valence-corrected chi connectivity index (χ0v) is 38.7. The van der Waals surface area contributed by atoms with Gasteiger partial charge in [0, 0.05) is 32.9 Å². The number of hydrogen-bond donors (Lipinski definition) is 0. The lowest BCUT2D eigenvalue weighted by Crippen LogP contribution is -2.59. The second kappa shape index (κ2) is 12.1. The molecule has 0 unspecified atom stereocenters. The van der Waals surface area contributed by atoms with Crippen LogP contribution in [-0.2, 0) is 10.8 Å². The molecule has 0 N–H and O–H groups in total. The van der Waals surface area contributed by atoms with Gasteiger partial charge in [0.25, 0.3) is 6.71 Å². The molecule has 0 saturated heterocycles. The molecule has 0 atom stereocenters. The van der Waals surface area contributed by atoms with E-state index in [1.807, 2.05) is 0 Å². The third-order valence-corrected chi connectivity index (χ3v) is 17.5. The molecule has 0 saturated carbocycles. The van der Waals surface area contributed by atoms with Gasteiger partial charge in [0.2, 0.25) is 0 Å². The Morgan fingerprint density at radius 3 is 1.84 bits per heavy atom. The number of aryl methyl sites for hydroxylation is 2. The van der Waals surface area contributed by atoms with Gasteiger partial charge in [0.05, 0.1) is 27.7 Å². The maximum atomic E-state index is 5.56. The van der Waals surface area contributed by atoms with Crippen LogP contribution in [-0.4, -0.2) is 16.1 Å². The molecule has 4 heterocycles. The van der Waals surface area contributed by atoms with E-state index in [4.69, 9.17) is 4.98 Å². The van der Waals surface area contributed by atoms with Gasteiger partial charge in [-0.25, -0.2) is 4.98 Å². The van der Waals surface area contributed by atoms with Gasteiger partial charge in [-0.2, -0.15) is 0 Å². The van der Waals surface area contributed by atoms with Gasteiger partial charge in [-0.1, -0.05) is 177 Å². The molecule has 2 aromatic heterocycles. The van der Waals surface area contributed by atoms with Crippen LogP contribution in [0.1, 0.15) is 58.4 Å². The van der Waals surface area contributed by atoms with E-state index in [1.54, 1.807) is 0 Å². The summed E-state index contributed by atoms with van der Waals surface area (Å²) >= 11 is 0. The van der Waals surface area contributed by atoms with E-state index in [9.17, 15) is 0 Å². The average molecular weight is 876 g/mol. The zero-order chi connectivity index (χ0) is 45.4. The number of rotatable bonds is 1. The highest BCUT2D eigenvalue weighted by Gasteiger charge is 2.53. The second-order valence-electron chi connectivity index (χ2n) is 21.0. The quantitative estimate of drug-likeness (QED) is 0.121. The minimum Gasteiger partial charge on any atom is -0.311 e. The fraction of sp³-hybridized carbons (Fsp3) is 0.0923. The van der Waals surface area contributed by atoms with Gasteiger partial charge in [-0.15, -0.1) is 0 Å². The van der Waals surface area contributed by atoms with Crippen LogP contribution in [0.15, 0.2) is 182 Å². The molecule has 4 heteroatoms. The smallest absolute Gasteiger partial charge is 0.252 e. The van der Waals surface area contributed by atoms with Crippen molar-refractivity contribution in [1.29, 1.82) is 0 Å². The first-order chi connectivity index (χ1) is 33.8. The van der Waals surface area contributed by atoms with E-state index in [2.05, 4.69) is 219 Å². The SMILES string of the molecule is Cc1cc(C)c2c(c1)c1ccc3c4c1n1c2nc2cccc(c21)B4c1cc2c(cc1N3c1cc3c(c4ccccc14)-c1ccccc1C31c3ccccc3-c3ccccc31)C(C)(C)c1ccccc1-2. The number of imidazole rings is 1. The van der Waals surface area contributed by atoms with Crippen molar-refractivity contribution in [3.8, 4) is 33.4 Å². The van der Waals surface area contributed by atoms with Gasteiger partial charge in [-0.05, 0) is 138 Å². The van der Waals surface area contributed by atoms with Crippen molar-refractivity contribution in [3.63, 3.8) is 0 Å². The number of nitrogens with zero attached hydrogens (tertiary/aromatic N) is 3. The summed E-state index contributed by atoms with van der Waals surface area (Å²) < 4.78 is 2.55. The molecule has 17 rings (SSSR count). The molecule has 5 aliphatic rings. The van der Waals surface area contributed by atoms with Crippen LogP contribution < -0.4 is 21.3 Å². The van der Waals surface area contributed by atoms with E-state index in [0.717, 1.165) is 11.2 Å². The van der Waals surface area contributed by atoms with Crippen LogP contribution in [0.2, 0.25) is 0 Å². The number of hydrogen-bond acceptors (Lipinski definition) is 2. The normalized spacial score (nSPS) is 15.4. The van der Waals surface area contributed by atoms with Crippen molar-refractivity contribution in [1.82, 2.24) is 9.38 Å². The number of anilines is 3. The predicted molar refractivity (Wildman–Crippen MR) is 288 cm³/mol. The Hall–Kier alpha value is -8.21. The second-order valence-corrected chi connectivity index (χ2v) is 21.0. The highest BCUT2D eigenvalue weighted by atomic mass is 15.2. The largest absolute Gasteiger partial charge is 0.311 e. The number of pyridine rings is 1. The third kappa shape index (κ3) is 4.06. The van der Waals surface area contributed by atoms with Crippen LogP contribution in [0.4, 0.5) is 17.1 Å². The molecule has 0 radical (unpaired) electrons. The van der Waals surface area contributed by atoms with Crippen molar-refractivity contribution < 1.29 is 0 Å². The number of benzene rings is 10. The first kappa shape index (κ1) is 36.9. The summed E-state index contributed by atoms with van der Waals surface area (Å²) in [6.45, 7) is 9.33. The Kier molecular flexibility index (Phi) is 6.45. The first-order valence-corrected chi connectivity index (χ1v) is 24.6. The Balaban J connectivity index is 1.07. The maximum absolute atomic E-state index is 5.56. The molecule has 0 fully saturated rings. The monoisotopic (exact) mass is 875 g/mol. The molecule has 3 nitrogen and oxygen atoms in total. The molecular weight excluding hydrogens is 834 g/mol. The summed E-state index contributed by atoms with van der Waals surface area (Å²) in [5.41, 5.74) is 30.3. The van der Waals surface area contributed by atoms with Gasteiger partial charge >= 0.3 is 0 Å². The highest BCUT2D eigenvalue weighted by molar-refractivity contribution is 7.01. The molecular formula is C65H42BN3.